The summed E-state index contributed by atoms with van der Waals surface area (Å²) < 4.78 is 0. The van der Waals surface area contributed by atoms with Crippen molar-refractivity contribution in [2.24, 2.45) is 0 Å². The lowest BCUT2D eigenvalue weighted by molar-refractivity contribution is 0.995. The van der Waals surface area contributed by atoms with Crippen LogP contribution in [0.3, 0.4) is 0 Å². The average Bonchev–Trinajstić information content (AvgIpc) is 2.20. The molecule has 0 spiro atoms. The van der Waals surface area contributed by atoms with Crippen molar-refractivity contribution in [2.75, 3.05) is 0 Å². The highest BCUT2D eigenvalue weighted by Gasteiger charge is 2.04. The Hall–Kier alpha value is -1.64. The molecule has 1 heterocycles. The first-order valence-corrected chi connectivity index (χ1v) is 5.12. The maximum atomic E-state index is 11.5. The number of aromatic amines is 1. The molecule has 0 fully saturated rings. The van der Waals surface area contributed by atoms with Crippen LogP contribution < -0.4 is 5.56 Å². The van der Waals surface area contributed by atoms with Gasteiger partial charge in [-0.2, -0.15) is 0 Å². The molecular weight excluding hydrogens is 188 g/mol. The lowest BCUT2D eigenvalue weighted by Gasteiger charge is -2.04. The van der Waals surface area contributed by atoms with Crippen LogP contribution in [-0.2, 0) is 6.42 Å². The van der Waals surface area contributed by atoms with E-state index in [1.54, 1.807) is 0 Å². The topological polar surface area (TPSA) is 45.8 Å². The number of aryl methyl sites for hydroxylation is 3. The first-order valence-electron chi connectivity index (χ1n) is 5.12. The molecule has 0 saturated carbocycles. The van der Waals surface area contributed by atoms with Crippen LogP contribution in [0.2, 0.25) is 0 Å². The van der Waals surface area contributed by atoms with Gasteiger partial charge >= 0.3 is 0 Å². The summed E-state index contributed by atoms with van der Waals surface area (Å²) >= 11 is 0. The Kier molecular flexibility index (Phi) is 2.31. The summed E-state index contributed by atoms with van der Waals surface area (Å²) in [6.07, 6.45) is 0.665. The highest BCUT2D eigenvalue weighted by atomic mass is 16.1. The average molecular weight is 202 g/mol. The number of nitrogens with one attached hydrogen (secondary N) is 1. The molecule has 1 aromatic carbocycles. The van der Waals surface area contributed by atoms with Crippen molar-refractivity contribution in [2.45, 2.75) is 27.2 Å². The molecule has 3 heteroatoms. The molecule has 2 aromatic rings. The second-order valence-corrected chi connectivity index (χ2v) is 3.82. The highest BCUT2D eigenvalue weighted by molar-refractivity contribution is 5.76. The monoisotopic (exact) mass is 202 g/mol. The Labute approximate surface area is 88.2 Å². The zero-order valence-corrected chi connectivity index (χ0v) is 9.22. The van der Waals surface area contributed by atoms with Gasteiger partial charge in [-0.1, -0.05) is 6.92 Å². The lowest BCUT2D eigenvalue weighted by Crippen LogP contribution is -2.14. The Morgan fingerprint density at radius 3 is 2.60 bits per heavy atom. The summed E-state index contributed by atoms with van der Waals surface area (Å²) in [5.41, 5.74) is 4.59. The summed E-state index contributed by atoms with van der Waals surface area (Å²) in [5, 5.41) is 0. The van der Waals surface area contributed by atoms with Gasteiger partial charge in [-0.05, 0) is 43.5 Å². The van der Waals surface area contributed by atoms with E-state index in [4.69, 9.17) is 0 Å². The van der Waals surface area contributed by atoms with Crippen LogP contribution >= 0.6 is 0 Å². The van der Waals surface area contributed by atoms with E-state index in [1.165, 1.54) is 11.1 Å². The fourth-order valence-electron chi connectivity index (χ4n) is 1.62. The van der Waals surface area contributed by atoms with Crippen LogP contribution in [0.5, 0.6) is 0 Å². The van der Waals surface area contributed by atoms with E-state index in [1.807, 2.05) is 32.9 Å². The molecule has 0 radical (unpaired) electrons. The molecular formula is C12H14N2O. The van der Waals surface area contributed by atoms with E-state index in [2.05, 4.69) is 9.97 Å². The van der Waals surface area contributed by atoms with Crippen LogP contribution in [0.4, 0.5) is 0 Å². The zero-order valence-electron chi connectivity index (χ0n) is 9.22. The summed E-state index contributed by atoms with van der Waals surface area (Å²) in [4.78, 5) is 18.8. The molecule has 0 aliphatic heterocycles. The Morgan fingerprint density at radius 1 is 1.27 bits per heavy atom. The fraction of sp³-hybridized carbons (Fsp3) is 0.333. The molecule has 15 heavy (non-hydrogen) atoms. The smallest absolute Gasteiger partial charge is 0.270 e. The van der Waals surface area contributed by atoms with E-state index < -0.39 is 0 Å². The van der Waals surface area contributed by atoms with Crippen LogP contribution in [-0.4, -0.2) is 9.97 Å². The summed E-state index contributed by atoms with van der Waals surface area (Å²) in [7, 11) is 0. The molecule has 0 amide bonds. The van der Waals surface area contributed by atoms with Crippen LogP contribution in [0.15, 0.2) is 16.9 Å². The maximum Gasteiger partial charge on any atom is 0.270 e. The molecule has 0 aliphatic carbocycles. The third kappa shape index (κ3) is 1.65. The molecule has 0 aliphatic rings. The number of H-pyrrole nitrogens is 1. The van der Waals surface area contributed by atoms with E-state index in [0.29, 0.717) is 12.1 Å². The van der Waals surface area contributed by atoms with E-state index in [9.17, 15) is 4.79 Å². The number of rotatable bonds is 1. The van der Waals surface area contributed by atoms with Crippen LogP contribution in [0.25, 0.3) is 11.0 Å². The number of benzene rings is 1. The van der Waals surface area contributed by atoms with Gasteiger partial charge in [0.15, 0.2) is 0 Å². The number of hydrogen-bond donors (Lipinski definition) is 1. The highest BCUT2D eigenvalue weighted by Crippen LogP contribution is 2.14. The lowest BCUT2D eigenvalue weighted by atomic mass is 10.1. The molecule has 3 nitrogen and oxygen atoms in total. The van der Waals surface area contributed by atoms with Crippen molar-refractivity contribution >= 4 is 11.0 Å². The van der Waals surface area contributed by atoms with Crippen molar-refractivity contribution in [3.63, 3.8) is 0 Å². The normalized spacial score (nSPS) is 10.9. The van der Waals surface area contributed by atoms with Gasteiger partial charge in [0.2, 0.25) is 0 Å². The number of hydrogen-bond acceptors (Lipinski definition) is 2. The van der Waals surface area contributed by atoms with Gasteiger partial charge in [-0.25, -0.2) is 4.98 Å². The first kappa shape index (κ1) is 9.90. The Balaban J connectivity index is 2.82. The van der Waals surface area contributed by atoms with Gasteiger partial charge in [0.1, 0.15) is 5.69 Å². The largest absolute Gasteiger partial charge is 0.319 e. The molecule has 0 atom stereocenters. The summed E-state index contributed by atoms with van der Waals surface area (Å²) in [6, 6.07) is 3.98. The molecule has 0 saturated heterocycles. The molecule has 0 bridgehead atoms. The van der Waals surface area contributed by atoms with Gasteiger partial charge in [0.05, 0.1) is 11.0 Å². The third-order valence-corrected chi connectivity index (χ3v) is 2.71. The Morgan fingerprint density at radius 2 is 1.93 bits per heavy atom. The van der Waals surface area contributed by atoms with Gasteiger partial charge in [-0.15, -0.1) is 0 Å². The van der Waals surface area contributed by atoms with Crippen LogP contribution in [0.1, 0.15) is 23.7 Å². The van der Waals surface area contributed by atoms with E-state index >= 15 is 0 Å². The predicted molar refractivity (Wildman–Crippen MR) is 61.2 cm³/mol. The van der Waals surface area contributed by atoms with Crippen molar-refractivity contribution in [3.05, 3.63) is 39.3 Å². The van der Waals surface area contributed by atoms with Gasteiger partial charge < -0.3 is 4.98 Å². The molecule has 78 valence electrons. The number of fused-ring (bicyclic) bond motifs is 1. The van der Waals surface area contributed by atoms with E-state index in [0.717, 1.165) is 11.0 Å². The summed E-state index contributed by atoms with van der Waals surface area (Å²) in [6.45, 7) is 6.01. The van der Waals surface area contributed by atoms with Gasteiger partial charge in [0, 0.05) is 0 Å². The van der Waals surface area contributed by atoms with Gasteiger partial charge in [-0.3, -0.25) is 4.79 Å². The molecule has 1 aromatic heterocycles. The third-order valence-electron chi connectivity index (χ3n) is 2.71. The predicted octanol–water partition coefficient (Wildman–Crippen LogP) is 2.10. The minimum absolute atomic E-state index is 0.0757. The SMILES string of the molecule is CCc1nc2cc(C)c(C)cc2[nH]c1=O. The van der Waals surface area contributed by atoms with Crippen LogP contribution in [0, 0.1) is 13.8 Å². The maximum absolute atomic E-state index is 11.5. The standard InChI is InChI=1S/C12H14N2O/c1-4-9-12(15)14-11-6-8(3)7(2)5-10(11)13-9/h5-6H,4H2,1-3H3,(H,14,15). The van der Waals surface area contributed by atoms with Crippen molar-refractivity contribution in [1.29, 1.82) is 0 Å². The van der Waals surface area contributed by atoms with Gasteiger partial charge in [0.25, 0.3) is 5.56 Å². The van der Waals surface area contributed by atoms with Crippen molar-refractivity contribution in [3.8, 4) is 0 Å². The Bertz CT molecular complexity index is 570. The summed E-state index contributed by atoms with van der Waals surface area (Å²) in [5.74, 6) is 0. The molecule has 0 unspecified atom stereocenters. The number of nitrogens with zero attached hydrogens (tertiary/aromatic N) is 1. The molecule has 1 N–H and O–H groups in total. The zero-order chi connectivity index (χ0) is 11.0. The number of aromatic nitrogens is 2. The minimum Gasteiger partial charge on any atom is -0.319 e. The minimum atomic E-state index is -0.0757. The first-order chi connectivity index (χ1) is 7.11. The second kappa shape index (κ2) is 3.50. The second-order valence-electron chi connectivity index (χ2n) is 3.82. The fourth-order valence-corrected chi connectivity index (χ4v) is 1.62. The van der Waals surface area contributed by atoms with Crippen molar-refractivity contribution in [1.82, 2.24) is 9.97 Å². The molecule has 2 rings (SSSR count). The quantitative estimate of drug-likeness (QED) is 0.769. The van der Waals surface area contributed by atoms with Crippen molar-refractivity contribution < 1.29 is 0 Å². The van der Waals surface area contributed by atoms with E-state index in [-0.39, 0.29) is 5.56 Å².